The Morgan fingerprint density at radius 2 is 2.00 bits per heavy atom. The summed E-state index contributed by atoms with van der Waals surface area (Å²) in [7, 11) is 0. The number of hydrogen-bond donors (Lipinski definition) is 1. The van der Waals surface area contributed by atoms with E-state index in [4.69, 9.17) is 0 Å². The lowest BCUT2D eigenvalue weighted by molar-refractivity contribution is -0.126. The summed E-state index contributed by atoms with van der Waals surface area (Å²) in [5, 5.41) is 9.43. The molecule has 0 aromatic heterocycles. The molecule has 0 aliphatic rings. The van der Waals surface area contributed by atoms with Crippen molar-refractivity contribution in [3.05, 3.63) is 35.9 Å². The molecule has 76 valence electrons. The van der Waals surface area contributed by atoms with E-state index in [0.717, 1.165) is 12.0 Å². The first-order valence-corrected chi connectivity index (χ1v) is 4.98. The molecule has 0 aliphatic heterocycles. The molecule has 1 aromatic carbocycles. The molecule has 0 unspecified atom stereocenters. The van der Waals surface area contributed by atoms with Crippen LogP contribution in [0.1, 0.15) is 25.3 Å². The van der Waals surface area contributed by atoms with Gasteiger partial charge in [0.2, 0.25) is 0 Å². The normalized spacial score (nSPS) is 12.4. The van der Waals surface area contributed by atoms with E-state index in [1.807, 2.05) is 37.3 Å². The van der Waals surface area contributed by atoms with Crippen molar-refractivity contribution in [1.29, 1.82) is 0 Å². The van der Waals surface area contributed by atoms with Crippen LogP contribution >= 0.6 is 0 Å². The molecule has 0 amide bonds. The van der Waals surface area contributed by atoms with Crippen molar-refractivity contribution in [3.63, 3.8) is 0 Å². The molecule has 0 radical (unpaired) electrons. The number of benzene rings is 1. The summed E-state index contributed by atoms with van der Waals surface area (Å²) in [6.07, 6.45) is 0.940. The quantitative estimate of drug-likeness (QED) is 0.774. The van der Waals surface area contributed by atoms with E-state index < -0.39 is 6.10 Å². The van der Waals surface area contributed by atoms with Crippen molar-refractivity contribution in [2.45, 2.75) is 32.3 Å². The second-order valence-corrected chi connectivity index (χ2v) is 3.43. The van der Waals surface area contributed by atoms with Crippen LogP contribution in [0.25, 0.3) is 0 Å². The van der Waals surface area contributed by atoms with E-state index in [1.165, 1.54) is 0 Å². The van der Waals surface area contributed by atoms with Crippen LogP contribution in [0.5, 0.6) is 0 Å². The van der Waals surface area contributed by atoms with E-state index in [1.54, 1.807) is 0 Å². The average Bonchev–Trinajstić information content (AvgIpc) is 2.19. The Labute approximate surface area is 84.6 Å². The van der Waals surface area contributed by atoms with Crippen molar-refractivity contribution in [2.75, 3.05) is 0 Å². The fourth-order valence-electron chi connectivity index (χ4n) is 1.35. The first kappa shape index (κ1) is 10.9. The molecule has 0 bridgehead atoms. The first-order chi connectivity index (χ1) is 6.74. The smallest absolute Gasteiger partial charge is 0.165 e. The predicted octanol–water partition coefficient (Wildman–Crippen LogP) is 1.96. The fraction of sp³-hybridized carbons (Fsp3) is 0.417. The van der Waals surface area contributed by atoms with E-state index >= 15 is 0 Å². The van der Waals surface area contributed by atoms with Crippen LogP contribution in [0.15, 0.2) is 30.3 Å². The van der Waals surface area contributed by atoms with Crippen molar-refractivity contribution < 1.29 is 9.90 Å². The standard InChI is InChI=1S/C12H16O2/c1-2-6-11(13)12(14)9-10-7-4-3-5-8-10/h3-5,7-8,11,13H,2,6,9H2,1H3/t11-/m1/s1. The monoisotopic (exact) mass is 192 g/mol. The van der Waals surface area contributed by atoms with Crippen LogP contribution in [-0.2, 0) is 11.2 Å². The highest BCUT2D eigenvalue weighted by atomic mass is 16.3. The molecule has 0 fully saturated rings. The summed E-state index contributed by atoms with van der Waals surface area (Å²) in [6.45, 7) is 1.96. The Morgan fingerprint density at radius 1 is 1.36 bits per heavy atom. The maximum Gasteiger partial charge on any atom is 0.165 e. The van der Waals surface area contributed by atoms with Gasteiger partial charge in [-0.25, -0.2) is 0 Å². The Hall–Kier alpha value is -1.15. The van der Waals surface area contributed by atoms with Crippen LogP contribution in [-0.4, -0.2) is 17.0 Å². The molecule has 2 heteroatoms. The molecule has 14 heavy (non-hydrogen) atoms. The highest BCUT2D eigenvalue weighted by Crippen LogP contribution is 2.05. The summed E-state index contributed by atoms with van der Waals surface area (Å²) >= 11 is 0. The lowest BCUT2D eigenvalue weighted by atomic mass is 10.0. The minimum absolute atomic E-state index is 0.0851. The summed E-state index contributed by atoms with van der Waals surface area (Å²) in [6, 6.07) is 9.51. The number of ketones is 1. The third kappa shape index (κ3) is 3.30. The topological polar surface area (TPSA) is 37.3 Å². The SMILES string of the molecule is CCC[C@@H](O)C(=O)Cc1ccccc1. The third-order valence-corrected chi connectivity index (χ3v) is 2.15. The third-order valence-electron chi connectivity index (χ3n) is 2.15. The van der Waals surface area contributed by atoms with E-state index in [0.29, 0.717) is 12.8 Å². The molecule has 1 atom stereocenters. The van der Waals surface area contributed by atoms with Crippen molar-refractivity contribution in [1.82, 2.24) is 0 Å². The maximum absolute atomic E-state index is 11.5. The Balaban J connectivity index is 2.49. The zero-order valence-corrected chi connectivity index (χ0v) is 8.44. The Morgan fingerprint density at radius 3 is 2.57 bits per heavy atom. The molecule has 0 heterocycles. The molecule has 0 aliphatic carbocycles. The van der Waals surface area contributed by atoms with Gasteiger partial charge in [-0.2, -0.15) is 0 Å². The number of aliphatic hydroxyl groups excluding tert-OH is 1. The number of Topliss-reactive ketones (excluding diaryl/α,β-unsaturated/α-hetero) is 1. The maximum atomic E-state index is 11.5. The van der Waals surface area contributed by atoms with E-state index in [2.05, 4.69) is 0 Å². The second-order valence-electron chi connectivity index (χ2n) is 3.43. The number of aliphatic hydroxyl groups is 1. The number of carbonyl (C=O) groups excluding carboxylic acids is 1. The zero-order chi connectivity index (χ0) is 10.4. The van der Waals surface area contributed by atoms with Crippen molar-refractivity contribution in [3.8, 4) is 0 Å². The summed E-state index contributed by atoms with van der Waals surface area (Å²) in [4.78, 5) is 11.5. The molecule has 1 N–H and O–H groups in total. The molecule has 0 spiro atoms. The van der Waals surface area contributed by atoms with Gasteiger partial charge < -0.3 is 5.11 Å². The van der Waals surface area contributed by atoms with Gasteiger partial charge in [-0.05, 0) is 12.0 Å². The minimum atomic E-state index is -0.791. The van der Waals surface area contributed by atoms with Gasteiger partial charge in [0.1, 0.15) is 6.10 Å². The zero-order valence-electron chi connectivity index (χ0n) is 8.44. The summed E-state index contributed by atoms with van der Waals surface area (Å²) < 4.78 is 0. The predicted molar refractivity (Wildman–Crippen MR) is 56.1 cm³/mol. The van der Waals surface area contributed by atoms with E-state index in [9.17, 15) is 9.90 Å². The van der Waals surface area contributed by atoms with Gasteiger partial charge in [0.05, 0.1) is 0 Å². The van der Waals surface area contributed by atoms with Crippen LogP contribution in [0.4, 0.5) is 0 Å². The first-order valence-electron chi connectivity index (χ1n) is 4.98. The molecule has 0 saturated heterocycles. The molecule has 0 saturated carbocycles. The average molecular weight is 192 g/mol. The van der Waals surface area contributed by atoms with Gasteiger partial charge in [-0.1, -0.05) is 43.7 Å². The molecular formula is C12H16O2. The highest BCUT2D eigenvalue weighted by molar-refractivity contribution is 5.84. The Bertz CT molecular complexity index is 280. The van der Waals surface area contributed by atoms with E-state index in [-0.39, 0.29) is 5.78 Å². The minimum Gasteiger partial charge on any atom is -0.385 e. The summed E-state index contributed by atoms with van der Waals surface area (Å²) in [5.74, 6) is -0.0851. The molecule has 1 aromatic rings. The highest BCUT2D eigenvalue weighted by Gasteiger charge is 2.13. The molecule has 2 nitrogen and oxygen atoms in total. The van der Waals surface area contributed by atoms with Crippen LogP contribution < -0.4 is 0 Å². The van der Waals surface area contributed by atoms with Crippen LogP contribution in [0.3, 0.4) is 0 Å². The van der Waals surface area contributed by atoms with Gasteiger partial charge >= 0.3 is 0 Å². The molecule has 1 rings (SSSR count). The number of rotatable bonds is 5. The number of hydrogen-bond acceptors (Lipinski definition) is 2. The van der Waals surface area contributed by atoms with Gasteiger partial charge in [-0.15, -0.1) is 0 Å². The summed E-state index contributed by atoms with van der Waals surface area (Å²) in [5.41, 5.74) is 0.965. The van der Waals surface area contributed by atoms with Gasteiger partial charge in [0.15, 0.2) is 5.78 Å². The Kier molecular flexibility index (Phi) is 4.33. The van der Waals surface area contributed by atoms with Crippen LogP contribution in [0, 0.1) is 0 Å². The lowest BCUT2D eigenvalue weighted by Crippen LogP contribution is -2.21. The number of carbonyl (C=O) groups is 1. The van der Waals surface area contributed by atoms with Gasteiger partial charge in [0, 0.05) is 6.42 Å². The van der Waals surface area contributed by atoms with Crippen molar-refractivity contribution >= 4 is 5.78 Å². The van der Waals surface area contributed by atoms with Gasteiger partial charge in [0.25, 0.3) is 0 Å². The fourth-order valence-corrected chi connectivity index (χ4v) is 1.35. The largest absolute Gasteiger partial charge is 0.385 e. The lowest BCUT2D eigenvalue weighted by Gasteiger charge is -2.07. The second kappa shape index (κ2) is 5.55. The van der Waals surface area contributed by atoms with Gasteiger partial charge in [-0.3, -0.25) is 4.79 Å². The van der Waals surface area contributed by atoms with Crippen molar-refractivity contribution in [2.24, 2.45) is 0 Å². The van der Waals surface area contributed by atoms with Crippen LogP contribution in [0.2, 0.25) is 0 Å². The molecular weight excluding hydrogens is 176 g/mol.